The van der Waals surface area contributed by atoms with Crippen molar-refractivity contribution in [3.63, 3.8) is 0 Å². The number of esters is 1. The van der Waals surface area contributed by atoms with E-state index in [9.17, 15) is 14.4 Å². The smallest absolute Gasteiger partial charge is 0.341 e. The second-order valence-corrected chi connectivity index (χ2v) is 7.58. The molecule has 2 aromatic heterocycles. The second kappa shape index (κ2) is 10.1. The van der Waals surface area contributed by atoms with Gasteiger partial charge >= 0.3 is 5.97 Å². The molecular formula is C21H22N4O6S. The van der Waals surface area contributed by atoms with Gasteiger partial charge in [0.15, 0.2) is 6.61 Å². The molecule has 3 rings (SSSR count). The summed E-state index contributed by atoms with van der Waals surface area (Å²) in [4.78, 5) is 41.4. The highest BCUT2D eigenvalue weighted by molar-refractivity contribution is 7.18. The molecule has 0 fully saturated rings. The van der Waals surface area contributed by atoms with Crippen LogP contribution in [0.1, 0.15) is 38.4 Å². The lowest BCUT2D eigenvalue weighted by Gasteiger charge is -2.09. The van der Waals surface area contributed by atoms with Crippen LogP contribution >= 0.6 is 11.3 Å². The molecule has 0 saturated carbocycles. The van der Waals surface area contributed by atoms with Crippen LogP contribution in [0.15, 0.2) is 28.8 Å². The number of benzene rings is 1. The van der Waals surface area contributed by atoms with Crippen molar-refractivity contribution in [2.24, 2.45) is 0 Å². The fraction of sp³-hybridized carbons (Fsp3) is 0.286. The van der Waals surface area contributed by atoms with Crippen molar-refractivity contribution < 1.29 is 28.4 Å². The Labute approximate surface area is 187 Å². The highest BCUT2D eigenvalue weighted by Gasteiger charge is 2.26. The lowest BCUT2D eigenvalue weighted by molar-refractivity contribution is -0.118. The van der Waals surface area contributed by atoms with Gasteiger partial charge in [0.2, 0.25) is 11.7 Å². The Hall–Kier alpha value is -3.73. The summed E-state index contributed by atoms with van der Waals surface area (Å²) in [6.45, 7) is 4.88. The van der Waals surface area contributed by atoms with E-state index in [1.54, 1.807) is 45.0 Å². The minimum atomic E-state index is -0.611. The third-order valence-corrected chi connectivity index (χ3v) is 5.53. The van der Waals surface area contributed by atoms with Crippen molar-refractivity contribution in [2.45, 2.75) is 20.8 Å². The van der Waals surface area contributed by atoms with E-state index in [1.165, 1.54) is 7.05 Å². The summed E-state index contributed by atoms with van der Waals surface area (Å²) < 4.78 is 15.6. The van der Waals surface area contributed by atoms with Crippen molar-refractivity contribution >= 4 is 34.1 Å². The SMILES string of the molecule is CCOC(=O)c1c(NC(=O)COc2ccc(-c3noc(C)n3)cc2)sc(C(=O)NC)c1C. The van der Waals surface area contributed by atoms with Crippen molar-refractivity contribution in [1.29, 1.82) is 0 Å². The van der Waals surface area contributed by atoms with E-state index in [0.717, 1.165) is 16.9 Å². The zero-order valence-electron chi connectivity index (χ0n) is 18.0. The third kappa shape index (κ3) is 5.11. The van der Waals surface area contributed by atoms with E-state index in [4.69, 9.17) is 14.0 Å². The Bertz CT molecular complexity index is 1140. The Morgan fingerprint density at radius 3 is 2.47 bits per heavy atom. The first-order valence-corrected chi connectivity index (χ1v) is 10.5. The number of hydrogen-bond acceptors (Lipinski definition) is 9. The zero-order chi connectivity index (χ0) is 23.3. The van der Waals surface area contributed by atoms with Crippen molar-refractivity contribution in [3.8, 4) is 17.1 Å². The lowest BCUT2D eigenvalue weighted by Crippen LogP contribution is -2.21. The standard InChI is InChI=1S/C21H22N4O6S/c1-5-29-21(28)16-11(2)17(19(27)22-4)32-20(16)24-15(26)10-30-14-8-6-13(7-9-14)18-23-12(3)31-25-18/h6-9H,5,10H2,1-4H3,(H,22,27)(H,24,26). The number of nitrogens with zero attached hydrogens (tertiary/aromatic N) is 2. The number of carbonyl (C=O) groups excluding carboxylic acids is 3. The van der Waals surface area contributed by atoms with Gasteiger partial charge in [-0.25, -0.2) is 4.79 Å². The van der Waals surface area contributed by atoms with Gasteiger partial charge in [-0.05, 0) is 43.7 Å². The van der Waals surface area contributed by atoms with Crippen LogP contribution in [-0.4, -0.2) is 48.2 Å². The fourth-order valence-corrected chi connectivity index (χ4v) is 3.97. The summed E-state index contributed by atoms with van der Waals surface area (Å²) >= 11 is 1.00. The molecule has 0 aliphatic heterocycles. The Kier molecular flexibility index (Phi) is 7.21. The van der Waals surface area contributed by atoms with Crippen LogP contribution < -0.4 is 15.4 Å². The number of hydrogen-bond donors (Lipinski definition) is 2. The van der Waals surface area contributed by atoms with E-state index in [2.05, 4.69) is 20.8 Å². The molecule has 0 radical (unpaired) electrons. The summed E-state index contributed by atoms with van der Waals surface area (Å²) in [6, 6.07) is 6.85. The van der Waals surface area contributed by atoms with Crippen LogP contribution in [0.25, 0.3) is 11.4 Å². The van der Waals surface area contributed by atoms with Gasteiger partial charge in [-0.1, -0.05) is 5.16 Å². The zero-order valence-corrected chi connectivity index (χ0v) is 18.8. The maximum atomic E-state index is 12.5. The molecule has 168 valence electrons. The molecule has 0 spiro atoms. The number of amides is 2. The van der Waals surface area contributed by atoms with E-state index in [1.807, 2.05) is 0 Å². The fourth-order valence-electron chi connectivity index (χ4n) is 2.81. The van der Waals surface area contributed by atoms with Gasteiger partial charge in [0.25, 0.3) is 11.8 Å². The van der Waals surface area contributed by atoms with Gasteiger partial charge < -0.3 is 24.6 Å². The predicted octanol–water partition coefficient (Wildman–Crippen LogP) is 2.97. The highest BCUT2D eigenvalue weighted by atomic mass is 32.1. The van der Waals surface area contributed by atoms with Crippen molar-refractivity contribution in [1.82, 2.24) is 15.5 Å². The average Bonchev–Trinajstić information content (AvgIpc) is 3.35. The third-order valence-electron chi connectivity index (χ3n) is 4.32. The Morgan fingerprint density at radius 1 is 1.16 bits per heavy atom. The largest absolute Gasteiger partial charge is 0.484 e. The van der Waals surface area contributed by atoms with E-state index >= 15 is 0 Å². The van der Waals surface area contributed by atoms with Crippen molar-refractivity contribution in [2.75, 3.05) is 25.6 Å². The summed E-state index contributed by atoms with van der Waals surface area (Å²) in [5.74, 6) is -0.0753. The van der Waals surface area contributed by atoms with Gasteiger partial charge in [0.1, 0.15) is 10.8 Å². The number of anilines is 1. The lowest BCUT2D eigenvalue weighted by atomic mass is 10.1. The highest BCUT2D eigenvalue weighted by Crippen LogP contribution is 2.33. The van der Waals surface area contributed by atoms with Gasteiger partial charge in [-0.3, -0.25) is 9.59 Å². The molecule has 0 bridgehead atoms. The molecule has 0 saturated heterocycles. The molecule has 2 N–H and O–H groups in total. The normalized spacial score (nSPS) is 10.5. The first-order valence-electron chi connectivity index (χ1n) is 9.70. The minimum Gasteiger partial charge on any atom is -0.484 e. The number of nitrogens with one attached hydrogen (secondary N) is 2. The molecule has 11 heteroatoms. The van der Waals surface area contributed by atoms with E-state index in [-0.39, 0.29) is 29.7 Å². The maximum absolute atomic E-state index is 12.5. The Morgan fingerprint density at radius 2 is 1.88 bits per heavy atom. The molecule has 3 aromatic rings. The first-order chi connectivity index (χ1) is 15.3. The van der Waals surface area contributed by atoms with Crippen LogP contribution in [0, 0.1) is 13.8 Å². The molecule has 0 unspecified atom stereocenters. The van der Waals surface area contributed by atoms with Crippen LogP contribution in [0.5, 0.6) is 5.75 Å². The van der Waals surface area contributed by atoms with Gasteiger partial charge in [-0.2, -0.15) is 4.98 Å². The average molecular weight is 458 g/mol. The summed E-state index contributed by atoms with van der Waals surface area (Å²) in [7, 11) is 1.49. The van der Waals surface area contributed by atoms with Crippen molar-refractivity contribution in [3.05, 3.63) is 46.2 Å². The predicted molar refractivity (Wildman–Crippen MR) is 117 cm³/mol. The molecule has 32 heavy (non-hydrogen) atoms. The van der Waals surface area contributed by atoms with E-state index < -0.39 is 11.9 Å². The molecule has 0 aliphatic carbocycles. The van der Waals surface area contributed by atoms with Gasteiger partial charge in [0.05, 0.1) is 17.0 Å². The molecule has 0 aliphatic rings. The monoisotopic (exact) mass is 458 g/mol. The summed E-state index contributed by atoms with van der Waals surface area (Å²) in [5, 5.41) is 9.24. The number of aromatic nitrogens is 2. The Balaban J connectivity index is 1.69. The van der Waals surface area contributed by atoms with Crippen LogP contribution in [0.4, 0.5) is 5.00 Å². The topological polar surface area (TPSA) is 133 Å². The minimum absolute atomic E-state index is 0.156. The number of ether oxygens (including phenoxy) is 2. The maximum Gasteiger partial charge on any atom is 0.341 e. The number of aryl methyl sites for hydroxylation is 1. The summed E-state index contributed by atoms with van der Waals surface area (Å²) in [6.07, 6.45) is 0. The number of carbonyl (C=O) groups is 3. The molecule has 1 aromatic carbocycles. The van der Waals surface area contributed by atoms with Crippen LogP contribution in [0.2, 0.25) is 0 Å². The second-order valence-electron chi connectivity index (χ2n) is 6.56. The number of rotatable bonds is 8. The van der Waals surface area contributed by atoms with Crippen LogP contribution in [-0.2, 0) is 9.53 Å². The van der Waals surface area contributed by atoms with Crippen LogP contribution in [0.3, 0.4) is 0 Å². The molecular weight excluding hydrogens is 436 g/mol. The van der Waals surface area contributed by atoms with E-state index in [0.29, 0.717) is 27.9 Å². The summed E-state index contributed by atoms with van der Waals surface area (Å²) in [5.41, 5.74) is 1.34. The van der Waals surface area contributed by atoms with Gasteiger partial charge in [0, 0.05) is 19.5 Å². The molecule has 2 amide bonds. The molecule has 0 atom stereocenters. The molecule has 10 nitrogen and oxygen atoms in total. The quantitative estimate of drug-likeness (QED) is 0.492. The number of thiophene rings is 1. The van der Waals surface area contributed by atoms with Gasteiger partial charge in [-0.15, -0.1) is 11.3 Å². The first kappa shape index (κ1) is 22.9. The molecule has 2 heterocycles.